The summed E-state index contributed by atoms with van der Waals surface area (Å²) in [5.41, 5.74) is 1.39. The molecule has 2 aromatic rings. The molecular weight excluding hydrogens is 324 g/mol. The maximum atomic E-state index is 12.2. The smallest absolute Gasteiger partial charge is 0.265 e. The third kappa shape index (κ3) is 3.59. The van der Waals surface area contributed by atoms with Crippen LogP contribution in [0.3, 0.4) is 0 Å². The summed E-state index contributed by atoms with van der Waals surface area (Å²) in [6, 6.07) is 9.03. The van der Waals surface area contributed by atoms with Crippen LogP contribution in [0.15, 0.2) is 35.7 Å². The molecule has 3 rings (SSSR count). The number of carbonyl (C=O) groups is 2. The summed E-state index contributed by atoms with van der Waals surface area (Å²) in [6.45, 7) is 2.87. The van der Waals surface area contributed by atoms with E-state index in [0.29, 0.717) is 22.9 Å². The lowest BCUT2D eigenvalue weighted by Crippen LogP contribution is -2.39. The average molecular weight is 344 g/mol. The molecule has 1 aliphatic rings. The number of nitrogens with zero attached hydrogens (tertiary/aromatic N) is 1. The fourth-order valence-corrected chi connectivity index (χ4v) is 3.26. The Morgan fingerprint density at radius 1 is 1.33 bits per heavy atom. The van der Waals surface area contributed by atoms with Crippen molar-refractivity contribution in [1.29, 1.82) is 0 Å². The van der Waals surface area contributed by atoms with E-state index in [1.807, 2.05) is 17.5 Å². The molecule has 126 valence electrons. The second-order valence-corrected chi connectivity index (χ2v) is 6.60. The van der Waals surface area contributed by atoms with E-state index < -0.39 is 0 Å². The number of benzene rings is 1. The summed E-state index contributed by atoms with van der Waals surface area (Å²) < 4.78 is 5.50. The molecule has 1 aromatic heterocycles. The van der Waals surface area contributed by atoms with Gasteiger partial charge in [0, 0.05) is 12.2 Å². The van der Waals surface area contributed by atoms with Crippen molar-refractivity contribution < 1.29 is 14.3 Å². The second-order valence-electron chi connectivity index (χ2n) is 5.66. The van der Waals surface area contributed by atoms with Crippen LogP contribution in [0.5, 0.6) is 5.75 Å². The summed E-state index contributed by atoms with van der Waals surface area (Å²) in [4.78, 5) is 26.8. The molecule has 6 heteroatoms. The third-order valence-electron chi connectivity index (χ3n) is 3.89. The topological polar surface area (TPSA) is 58.6 Å². The number of unbranched alkanes of at least 4 members (excludes halogenated alkanes) is 2. The largest absolute Gasteiger partial charge is 0.482 e. The van der Waals surface area contributed by atoms with E-state index in [1.54, 1.807) is 23.1 Å². The van der Waals surface area contributed by atoms with Crippen LogP contribution in [0, 0.1) is 0 Å². The van der Waals surface area contributed by atoms with Gasteiger partial charge >= 0.3 is 0 Å². The molecule has 0 radical (unpaired) electrons. The first-order valence-electron chi connectivity index (χ1n) is 8.11. The molecule has 5 nitrogen and oxygen atoms in total. The number of ether oxygens (including phenoxy) is 1. The van der Waals surface area contributed by atoms with Crippen molar-refractivity contribution in [2.24, 2.45) is 0 Å². The van der Waals surface area contributed by atoms with Crippen LogP contribution < -0.4 is 15.0 Å². The Kier molecular flexibility index (Phi) is 5.15. The van der Waals surface area contributed by atoms with E-state index in [-0.39, 0.29) is 18.4 Å². The van der Waals surface area contributed by atoms with E-state index in [0.717, 1.165) is 24.9 Å². The number of anilines is 2. The molecule has 0 atom stereocenters. The average Bonchev–Trinajstić information content (AvgIpc) is 3.12. The maximum Gasteiger partial charge on any atom is 0.265 e. The van der Waals surface area contributed by atoms with Crippen LogP contribution in [0.4, 0.5) is 11.4 Å². The van der Waals surface area contributed by atoms with E-state index >= 15 is 0 Å². The molecule has 0 spiro atoms. The number of fused-ring (bicyclic) bond motifs is 1. The Morgan fingerprint density at radius 3 is 2.96 bits per heavy atom. The molecule has 1 aliphatic heterocycles. The summed E-state index contributed by atoms with van der Waals surface area (Å²) in [6.07, 6.45) is 3.13. The molecule has 0 saturated carbocycles. The molecule has 0 saturated heterocycles. The van der Waals surface area contributed by atoms with Gasteiger partial charge in [-0.05, 0) is 36.1 Å². The van der Waals surface area contributed by atoms with Gasteiger partial charge in [-0.15, -0.1) is 11.3 Å². The van der Waals surface area contributed by atoms with Crippen molar-refractivity contribution in [3.05, 3.63) is 40.6 Å². The zero-order chi connectivity index (χ0) is 16.9. The molecule has 0 aliphatic carbocycles. The van der Waals surface area contributed by atoms with Gasteiger partial charge in [0.1, 0.15) is 5.75 Å². The summed E-state index contributed by atoms with van der Waals surface area (Å²) >= 11 is 1.39. The van der Waals surface area contributed by atoms with Gasteiger partial charge in [-0.25, -0.2) is 0 Å². The van der Waals surface area contributed by atoms with Gasteiger partial charge in [-0.2, -0.15) is 0 Å². The van der Waals surface area contributed by atoms with Gasteiger partial charge in [-0.1, -0.05) is 25.8 Å². The Hall–Kier alpha value is -2.34. The van der Waals surface area contributed by atoms with Crippen LogP contribution in [-0.2, 0) is 4.79 Å². The van der Waals surface area contributed by atoms with Crippen LogP contribution in [-0.4, -0.2) is 25.0 Å². The predicted molar refractivity (Wildman–Crippen MR) is 96.1 cm³/mol. The normalized spacial score (nSPS) is 13.4. The Labute approximate surface area is 145 Å². The standard InChI is InChI=1S/C18H20N2O3S/c1-2-3-4-9-20-14-11-13(7-8-15(14)23-12-17(20)21)19-18(22)16-6-5-10-24-16/h5-8,10-11H,2-4,9,12H2,1H3,(H,19,22). The Bertz CT molecular complexity index is 728. The SMILES string of the molecule is CCCCCN1C(=O)COc2ccc(NC(=O)c3cccs3)cc21. The Morgan fingerprint density at radius 2 is 2.21 bits per heavy atom. The van der Waals surface area contributed by atoms with E-state index in [9.17, 15) is 9.59 Å². The van der Waals surface area contributed by atoms with Gasteiger partial charge in [0.25, 0.3) is 11.8 Å². The summed E-state index contributed by atoms with van der Waals surface area (Å²) in [7, 11) is 0. The molecule has 24 heavy (non-hydrogen) atoms. The number of nitrogens with one attached hydrogen (secondary N) is 1. The lowest BCUT2D eigenvalue weighted by Gasteiger charge is -2.29. The van der Waals surface area contributed by atoms with Crippen LogP contribution in [0.25, 0.3) is 0 Å². The molecular formula is C18H20N2O3S. The summed E-state index contributed by atoms with van der Waals surface area (Å²) in [5.74, 6) is 0.492. The molecule has 2 amide bonds. The van der Waals surface area contributed by atoms with E-state index in [4.69, 9.17) is 4.74 Å². The number of hydrogen-bond acceptors (Lipinski definition) is 4. The number of amides is 2. The minimum atomic E-state index is -0.148. The minimum Gasteiger partial charge on any atom is -0.482 e. The van der Waals surface area contributed by atoms with Gasteiger partial charge in [-0.3, -0.25) is 9.59 Å². The van der Waals surface area contributed by atoms with Gasteiger partial charge in [0.2, 0.25) is 0 Å². The predicted octanol–water partition coefficient (Wildman–Crippen LogP) is 3.92. The Balaban J connectivity index is 1.79. The number of rotatable bonds is 6. The number of carbonyl (C=O) groups excluding carboxylic acids is 2. The number of hydrogen-bond donors (Lipinski definition) is 1. The highest BCUT2D eigenvalue weighted by Gasteiger charge is 2.25. The molecule has 0 unspecified atom stereocenters. The second kappa shape index (κ2) is 7.49. The zero-order valence-electron chi connectivity index (χ0n) is 13.6. The lowest BCUT2D eigenvalue weighted by atomic mass is 10.1. The first-order valence-corrected chi connectivity index (χ1v) is 8.99. The van der Waals surface area contributed by atoms with Crippen molar-refractivity contribution in [3.8, 4) is 5.75 Å². The van der Waals surface area contributed by atoms with Crippen LogP contribution in [0.2, 0.25) is 0 Å². The van der Waals surface area contributed by atoms with Crippen LogP contribution in [0.1, 0.15) is 35.9 Å². The van der Waals surface area contributed by atoms with Gasteiger partial charge < -0.3 is 15.0 Å². The fraction of sp³-hybridized carbons (Fsp3) is 0.333. The van der Waals surface area contributed by atoms with Crippen molar-refractivity contribution in [3.63, 3.8) is 0 Å². The monoisotopic (exact) mass is 344 g/mol. The molecule has 0 bridgehead atoms. The number of thiophene rings is 1. The van der Waals surface area contributed by atoms with Gasteiger partial charge in [0.05, 0.1) is 10.6 Å². The zero-order valence-corrected chi connectivity index (χ0v) is 14.4. The van der Waals surface area contributed by atoms with Crippen LogP contribution >= 0.6 is 11.3 Å². The maximum absolute atomic E-state index is 12.2. The van der Waals surface area contributed by atoms with E-state index in [1.165, 1.54) is 11.3 Å². The minimum absolute atomic E-state index is 0.0414. The van der Waals surface area contributed by atoms with Crippen molar-refractivity contribution in [1.82, 2.24) is 0 Å². The van der Waals surface area contributed by atoms with Crippen molar-refractivity contribution >= 4 is 34.5 Å². The van der Waals surface area contributed by atoms with Crippen molar-refractivity contribution in [2.45, 2.75) is 26.2 Å². The third-order valence-corrected chi connectivity index (χ3v) is 4.76. The molecule has 1 aromatic carbocycles. The lowest BCUT2D eigenvalue weighted by molar-refractivity contribution is -0.121. The first kappa shape index (κ1) is 16.5. The fourth-order valence-electron chi connectivity index (χ4n) is 2.65. The molecule has 0 fully saturated rings. The van der Waals surface area contributed by atoms with Crippen molar-refractivity contribution in [2.75, 3.05) is 23.4 Å². The molecule has 1 N–H and O–H groups in total. The quantitative estimate of drug-likeness (QED) is 0.808. The van der Waals surface area contributed by atoms with Gasteiger partial charge in [0.15, 0.2) is 6.61 Å². The van der Waals surface area contributed by atoms with E-state index in [2.05, 4.69) is 12.2 Å². The highest BCUT2D eigenvalue weighted by Crippen LogP contribution is 2.35. The highest BCUT2D eigenvalue weighted by atomic mass is 32.1. The highest BCUT2D eigenvalue weighted by molar-refractivity contribution is 7.12. The summed E-state index contributed by atoms with van der Waals surface area (Å²) in [5, 5.41) is 4.74. The first-order chi connectivity index (χ1) is 11.7. The molecule has 2 heterocycles.